The van der Waals surface area contributed by atoms with Crippen LogP contribution in [-0.2, 0) is 6.54 Å². The van der Waals surface area contributed by atoms with E-state index >= 15 is 0 Å². The van der Waals surface area contributed by atoms with Crippen LogP contribution in [0.25, 0.3) is 0 Å². The molecule has 19 heavy (non-hydrogen) atoms. The standard InChI is InChI=1S/C14H22ClN3S/c1-11(19-4)9-17-14(16-2)18(3)10-12-5-7-13(15)8-6-12/h5-8,11H,9-10H2,1-4H3,(H,16,17). The summed E-state index contributed by atoms with van der Waals surface area (Å²) in [7, 11) is 3.85. The summed E-state index contributed by atoms with van der Waals surface area (Å²) in [5.41, 5.74) is 1.22. The molecule has 0 aromatic heterocycles. The molecular weight excluding hydrogens is 278 g/mol. The second-order valence-corrected chi connectivity index (χ2v) is 6.17. The molecule has 106 valence electrons. The lowest BCUT2D eigenvalue weighted by molar-refractivity contribution is 0.477. The Hall–Kier alpha value is -0.870. The number of benzene rings is 1. The number of nitrogens with zero attached hydrogens (tertiary/aromatic N) is 2. The molecule has 1 aromatic rings. The SMILES string of the molecule is CN=C(NCC(C)SC)N(C)Cc1ccc(Cl)cc1. The summed E-state index contributed by atoms with van der Waals surface area (Å²) in [5.74, 6) is 0.913. The first-order valence-electron chi connectivity index (χ1n) is 6.25. The highest BCUT2D eigenvalue weighted by atomic mass is 35.5. The minimum Gasteiger partial charge on any atom is -0.355 e. The van der Waals surface area contributed by atoms with E-state index in [1.807, 2.05) is 50.1 Å². The highest BCUT2D eigenvalue weighted by Crippen LogP contribution is 2.11. The summed E-state index contributed by atoms with van der Waals surface area (Å²) in [6, 6.07) is 7.90. The van der Waals surface area contributed by atoms with E-state index in [2.05, 4.69) is 28.4 Å². The predicted molar refractivity (Wildman–Crippen MR) is 87.3 cm³/mol. The minimum atomic E-state index is 0.570. The molecule has 1 aromatic carbocycles. The van der Waals surface area contributed by atoms with E-state index in [1.54, 1.807) is 0 Å². The summed E-state index contributed by atoms with van der Waals surface area (Å²) in [6.45, 7) is 3.92. The van der Waals surface area contributed by atoms with Crippen molar-refractivity contribution in [2.45, 2.75) is 18.7 Å². The van der Waals surface area contributed by atoms with Crippen molar-refractivity contribution in [3.63, 3.8) is 0 Å². The lowest BCUT2D eigenvalue weighted by atomic mass is 10.2. The van der Waals surface area contributed by atoms with Crippen LogP contribution in [0.3, 0.4) is 0 Å². The van der Waals surface area contributed by atoms with E-state index in [9.17, 15) is 0 Å². The molecule has 0 saturated heterocycles. The van der Waals surface area contributed by atoms with Crippen molar-refractivity contribution < 1.29 is 0 Å². The average molecular weight is 300 g/mol. The topological polar surface area (TPSA) is 27.6 Å². The van der Waals surface area contributed by atoms with Crippen molar-refractivity contribution in [3.05, 3.63) is 34.9 Å². The Balaban J connectivity index is 2.54. The number of guanidine groups is 1. The number of hydrogen-bond acceptors (Lipinski definition) is 2. The van der Waals surface area contributed by atoms with E-state index in [-0.39, 0.29) is 0 Å². The van der Waals surface area contributed by atoms with Crippen LogP contribution in [0.4, 0.5) is 0 Å². The Morgan fingerprint density at radius 3 is 2.58 bits per heavy atom. The van der Waals surface area contributed by atoms with Gasteiger partial charge in [-0.25, -0.2) is 0 Å². The minimum absolute atomic E-state index is 0.570. The highest BCUT2D eigenvalue weighted by molar-refractivity contribution is 7.99. The Morgan fingerprint density at radius 2 is 2.05 bits per heavy atom. The molecule has 0 bridgehead atoms. The fourth-order valence-electron chi connectivity index (χ4n) is 1.64. The van der Waals surface area contributed by atoms with Crippen molar-refractivity contribution in [2.75, 3.05) is 26.9 Å². The third-order valence-corrected chi connectivity index (χ3v) is 4.08. The molecule has 0 aliphatic carbocycles. The Labute approximate surface area is 125 Å². The predicted octanol–water partition coefficient (Wildman–Crippen LogP) is 3.10. The maximum atomic E-state index is 5.89. The fourth-order valence-corrected chi connectivity index (χ4v) is 2.02. The first-order valence-corrected chi connectivity index (χ1v) is 7.92. The van der Waals surface area contributed by atoms with Gasteiger partial charge in [0.25, 0.3) is 0 Å². The lowest BCUT2D eigenvalue weighted by Crippen LogP contribution is -2.40. The van der Waals surface area contributed by atoms with Crippen LogP contribution in [0.1, 0.15) is 12.5 Å². The third kappa shape index (κ3) is 5.74. The largest absolute Gasteiger partial charge is 0.355 e. The van der Waals surface area contributed by atoms with E-state index in [1.165, 1.54) is 5.56 Å². The summed E-state index contributed by atoms with van der Waals surface area (Å²) < 4.78 is 0. The van der Waals surface area contributed by atoms with Gasteiger partial charge >= 0.3 is 0 Å². The quantitative estimate of drug-likeness (QED) is 0.669. The van der Waals surface area contributed by atoms with Gasteiger partial charge in [-0.15, -0.1) is 0 Å². The van der Waals surface area contributed by atoms with Crippen molar-refractivity contribution in [1.29, 1.82) is 0 Å². The van der Waals surface area contributed by atoms with E-state index < -0.39 is 0 Å². The van der Waals surface area contributed by atoms with Gasteiger partial charge in [-0.05, 0) is 24.0 Å². The van der Waals surface area contributed by atoms with Gasteiger partial charge < -0.3 is 10.2 Å². The van der Waals surface area contributed by atoms with Crippen molar-refractivity contribution in [1.82, 2.24) is 10.2 Å². The fraction of sp³-hybridized carbons (Fsp3) is 0.500. The van der Waals surface area contributed by atoms with Crippen LogP contribution < -0.4 is 5.32 Å². The maximum absolute atomic E-state index is 5.89. The number of nitrogens with one attached hydrogen (secondary N) is 1. The number of thioether (sulfide) groups is 1. The Bertz CT molecular complexity index is 406. The smallest absolute Gasteiger partial charge is 0.193 e. The molecule has 0 aliphatic rings. The normalized spacial score (nSPS) is 13.2. The third-order valence-electron chi connectivity index (χ3n) is 2.86. The average Bonchev–Trinajstić information content (AvgIpc) is 2.41. The first kappa shape index (κ1) is 16.2. The summed E-state index contributed by atoms with van der Waals surface area (Å²) in [5, 5.41) is 4.72. The van der Waals surface area contributed by atoms with Gasteiger partial charge in [-0.2, -0.15) is 11.8 Å². The van der Waals surface area contributed by atoms with Gasteiger partial charge in [0.1, 0.15) is 0 Å². The van der Waals surface area contributed by atoms with Crippen molar-refractivity contribution in [2.24, 2.45) is 4.99 Å². The molecule has 0 radical (unpaired) electrons. The molecular formula is C14H22ClN3S. The molecule has 0 fully saturated rings. The van der Waals surface area contributed by atoms with Gasteiger partial charge in [-0.3, -0.25) is 4.99 Å². The Kier molecular flexibility index (Phi) is 7.10. The summed E-state index contributed by atoms with van der Waals surface area (Å²) in [6.07, 6.45) is 2.12. The number of halogens is 1. The molecule has 5 heteroatoms. The lowest BCUT2D eigenvalue weighted by Gasteiger charge is -2.23. The van der Waals surface area contributed by atoms with E-state index in [0.29, 0.717) is 5.25 Å². The zero-order valence-corrected chi connectivity index (χ0v) is 13.6. The zero-order chi connectivity index (χ0) is 14.3. The molecule has 1 atom stereocenters. The molecule has 1 rings (SSSR count). The summed E-state index contributed by atoms with van der Waals surface area (Å²) in [4.78, 5) is 6.41. The zero-order valence-electron chi connectivity index (χ0n) is 12.0. The summed E-state index contributed by atoms with van der Waals surface area (Å²) >= 11 is 7.73. The Morgan fingerprint density at radius 1 is 1.42 bits per heavy atom. The molecule has 0 amide bonds. The van der Waals surface area contributed by atoms with Crippen molar-refractivity contribution >= 4 is 29.3 Å². The number of aliphatic imine (C=N–C) groups is 1. The van der Waals surface area contributed by atoms with Crippen LogP contribution in [0.2, 0.25) is 5.02 Å². The molecule has 1 unspecified atom stereocenters. The monoisotopic (exact) mass is 299 g/mol. The van der Waals surface area contributed by atoms with Gasteiger partial charge in [0.2, 0.25) is 0 Å². The van der Waals surface area contributed by atoms with Gasteiger partial charge in [0.15, 0.2) is 5.96 Å². The van der Waals surface area contributed by atoms with Crippen LogP contribution in [0.5, 0.6) is 0 Å². The van der Waals surface area contributed by atoms with Crippen molar-refractivity contribution in [3.8, 4) is 0 Å². The molecule has 0 heterocycles. The van der Waals surface area contributed by atoms with Crippen LogP contribution in [0, 0.1) is 0 Å². The first-order chi connectivity index (χ1) is 9.06. The molecule has 0 spiro atoms. The highest BCUT2D eigenvalue weighted by Gasteiger charge is 2.08. The molecule has 1 N–H and O–H groups in total. The molecule has 0 saturated carbocycles. The maximum Gasteiger partial charge on any atom is 0.193 e. The molecule has 0 aliphatic heterocycles. The van der Waals surface area contributed by atoms with Crippen LogP contribution in [0.15, 0.2) is 29.3 Å². The van der Waals surface area contributed by atoms with Gasteiger partial charge in [0, 0.05) is 37.5 Å². The number of hydrogen-bond donors (Lipinski definition) is 1. The van der Waals surface area contributed by atoms with E-state index in [4.69, 9.17) is 11.6 Å². The van der Waals surface area contributed by atoms with Crippen LogP contribution in [-0.4, -0.2) is 43.0 Å². The number of rotatable bonds is 5. The van der Waals surface area contributed by atoms with Gasteiger partial charge in [-0.1, -0.05) is 30.7 Å². The van der Waals surface area contributed by atoms with Crippen LogP contribution >= 0.6 is 23.4 Å². The second kappa shape index (κ2) is 8.33. The van der Waals surface area contributed by atoms with E-state index in [0.717, 1.165) is 24.1 Å². The van der Waals surface area contributed by atoms with Gasteiger partial charge in [0.05, 0.1) is 0 Å². The second-order valence-electron chi connectivity index (χ2n) is 4.46. The molecule has 3 nitrogen and oxygen atoms in total.